The van der Waals surface area contributed by atoms with Crippen molar-refractivity contribution < 1.29 is 14.3 Å². The van der Waals surface area contributed by atoms with E-state index in [1.165, 1.54) is 7.11 Å². The summed E-state index contributed by atoms with van der Waals surface area (Å²) < 4.78 is 11.1. The van der Waals surface area contributed by atoms with Gasteiger partial charge < -0.3 is 9.47 Å². The van der Waals surface area contributed by atoms with E-state index in [-0.39, 0.29) is 19.0 Å². The zero-order valence-electron chi connectivity index (χ0n) is 10.2. The van der Waals surface area contributed by atoms with E-state index >= 15 is 0 Å². The molecule has 4 nitrogen and oxygen atoms in total. The maximum absolute atomic E-state index is 11.1. The van der Waals surface area contributed by atoms with Gasteiger partial charge in [-0.05, 0) is 40.8 Å². The molecule has 100 valence electrons. The van der Waals surface area contributed by atoms with Gasteiger partial charge in [-0.3, -0.25) is 9.78 Å². The number of ether oxygens (including phenoxy) is 2. The van der Waals surface area contributed by atoms with E-state index in [4.69, 9.17) is 16.3 Å². The first-order valence-corrected chi connectivity index (χ1v) is 7.01. The monoisotopic (exact) mass is 391 g/mol. The summed E-state index contributed by atoms with van der Waals surface area (Å²) in [6.45, 7) is 0.246. The molecule has 2 rings (SSSR count). The molecular weight excluding hydrogens is 381 g/mol. The third-order valence-electron chi connectivity index (χ3n) is 2.53. The Morgan fingerprint density at radius 3 is 3.05 bits per heavy atom. The predicted molar refractivity (Wildman–Crippen MR) is 81.6 cm³/mol. The second kappa shape index (κ2) is 6.38. The quantitative estimate of drug-likeness (QED) is 0.592. The first kappa shape index (κ1) is 14.3. The van der Waals surface area contributed by atoms with Crippen LogP contribution in [0.25, 0.3) is 10.9 Å². The van der Waals surface area contributed by atoms with E-state index < -0.39 is 0 Å². The van der Waals surface area contributed by atoms with Crippen LogP contribution < -0.4 is 4.74 Å². The Balaban J connectivity index is 2.29. The molecule has 1 aromatic carbocycles. The molecule has 2 aromatic rings. The largest absolute Gasteiger partial charge is 0.490 e. The number of benzene rings is 1. The molecule has 0 saturated heterocycles. The molecule has 0 atom stereocenters. The Morgan fingerprint density at radius 2 is 2.32 bits per heavy atom. The van der Waals surface area contributed by atoms with Crippen molar-refractivity contribution in [1.29, 1.82) is 0 Å². The van der Waals surface area contributed by atoms with Crippen LogP contribution in [0.15, 0.2) is 24.4 Å². The van der Waals surface area contributed by atoms with Gasteiger partial charge in [-0.25, -0.2) is 0 Å². The smallest absolute Gasteiger partial charge is 0.308 e. The molecule has 1 heterocycles. The summed E-state index contributed by atoms with van der Waals surface area (Å²) in [4.78, 5) is 15.4. The van der Waals surface area contributed by atoms with Gasteiger partial charge >= 0.3 is 5.97 Å². The molecule has 0 spiro atoms. The number of fused-ring (bicyclic) bond motifs is 1. The number of aromatic nitrogens is 1. The van der Waals surface area contributed by atoms with Crippen LogP contribution >= 0.6 is 34.2 Å². The van der Waals surface area contributed by atoms with Gasteiger partial charge in [0.25, 0.3) is 0 Å². The number of hydrogen-bond donors (Lipinski definition) is 0. The molecule has 0 bridgehead atoms. The lowest BCUT2D eigenvalue weighted by Gasteiger charge is -2.11. The number of halogens is 2. The molecule has 0 aliphatic carbocycles. The summed E-state index contributed by atoms with van der Waals surface area (Å²) in [7, 11) is 1.35. The third kappa shape index (κ3) is 3.27. The van der Waals surface area contributed by atoms with Gasteiger partial charge in [-0.1, -0.05) is 11.6 Å². The van der Waals surface area contributed by atoms with Crippen molar-refractivity contribution in [2.45, 2.75) is 6.42 Å². The van der Waals surface area contributed by atoms with Crippen LogP contribution in [0.4, 0.5) is 0 Å². The number of hydrogen-bond acceptors (Lipinski definition) is 4. The van der Waals surface area contributed by atoms with Gasteiger partial charge in [0.1, 0.15) is 5.52 Å². The molecule has 0 aliphatic rings. The number of pyridine rings is 1. The molecule has 6 heteroatoms. The van der Waals surface area contributed by atoms with E-state index in [2.05, 4.69) is 32.3 Å². The highest BCUT2D eigenvalue weighted by Gasteiger charge is 2.12. The lowest BCUT2D eigenvalue weighted by atomic mass is 10.2. The minimum absolute atomic E-state index is 0.198. The summed E-state index contributed by atoms with van der Waals surface area (Å²) in [5.74, 6) is 0.339. The van der Waals surface area contributed by atoms with Crippen LogP contribution in [0.3, 0.4) is 0 Å². The fourth-order valence-electron chi connectivity index (χ4n) is 1.62. The van der Waals surface area contributed by atoms with Crippen LogP contribution in [0.5, 0.6) is 5.75 Å². The van der Waals surface area contributed by atoms with Crippen molar-refractivity contribution in [3.05, 3.63) is 33.0 Å². The Labute approximate surface area is 129 Å². The standard InChI is InChI=1S/C13H11ClINO3/c1-18-11(17)4-6-19-13-10(15)7-9(14)8-3-2-5-16-12(8)13/h2-3,5,7H,4,6H2,1H3. The average molecular weight is 392 g/mol. The number of esters is 1. The molecule has 0 saturated carbocycles. The fraction of sp³-hybridized carbons (Fsp3) is 0.231. The van der Waals surface area contributed by atoms with Gasteiger partial charge in [-0.2, -0.15) is 0 Å². The van der Waals surface area contributed by atoms with Crippen molar-refractivity contribution >= 4 is 51.1 Å². The molecule has 0 amide bonds. The lowest BCUT2D eigenvalue weighted by molar-refractivity contribution is -0.141. The second-order valence-electron chi connectivity index (χ2n) is 3.74. The minimum Gasteiger partial charge on any atom is -0.490 e. The Bertz CT molecular complexity index is 618. The summed E-state index contributed by atoms with van der Waals surface area (Å²) in [6, 6.07) is 5.52. The maximum Gasteiger partial charge on any atom is 0.308 e. The van der Waals surface area contributed by atoms with E-state index in [9.17, 15) is 4.79 Å². The summed E-state index contributed by atoms with van der Waals surface area (Å²) in [5, 5.41) is 1.46. The predicted octanol–water partition coefficient (Wildman–Crippen LogP) is 3.43. The highest BCUT2D eigenvalue weighted by molar-refractivity contribution is 14.1. The minimum atomic E-state index is -0.304. The molecule has 1 aromatic heterocycles. The zero-order chi connectivity index (χ0) is 13.8. The molecule has 0 N–H and O–H groups in total. The second-order valence-corrected chi connectivity index (χ2v) is 5.31. The number of methoxy groups -OCH3 is 1. The van der Waals surface area contributed by atoms with Gasteiger partial charge in [-0.15, -0.1) is 0 Å². The van der Waals surface area contributed by atoms with Crippen LogP contribution in [0.1, 0.15) is 6.42 Å². The normalized spacial score (nSPS) is 10.5. The van der Waals surface area contributed by atoms with Crippen molar-refractivity contribution in [2.75, 3.05) is 13.7 Å². The average Bonchev–Trinajstić information content (AvgIpc) is 2.42. The molecule has 0 radical (unpaired) electrons. The molecule has 0 unspecified atom stereocenters. The number of carbonyl (C=O) groups excluding carboxylic acids is 1. The van der Waals surface area contributed by atoms with E-state index in [0.717, 1.165) is 8.96 Å². The van der Waals surface area contributed by atoms with Gasteiger partial charge in [0, 0.05) is 11.6 Å². The zero-order valence-corrected chi connectivity index (χ0v) is 13.1. The van der Waals surface area contributed by atoms with E-state index in [1.54, 1.807) is 6.20 Å². The molecule has 19 heavy (non-hydrogen) atoms. The van der Waals surface area contributed by atoms with Crippen LogP contribution in [-0.4, -0.2) is 24.7 Å². The summed E-state index contributed by atoms with van der Waals surface area (Å²) >= 11 is 8.30. The maximum atomic E-state index is 11.1. The Morgan fingerprint density at radius 1 is 1.53 bits per heavy atom. The molecule has 0 aliphatic heterocycles. The van der Waals surface area contributed by atoms with E-state index in [0.29, 0.717) is 16.3 Å². The van der Waals surface area contributed by atoms with E-state index in [1.807, 2.05) is 18.2 Å². The van der Waals surface area contributed by atoms with Gasteiger partial charge in [0.2, 0.25) is 0 Å². The van der Waals surface area contributed by atoms with Gasteiger partial charge in [0.15, 0.2) is 5.75 Å². The SMILES string of the molecule is COC(=O)CCOc1c(I)cc(Cl)c2cccnc12. The van der Waals surface area contributed by atoms with Crippen LogP contribution in [-0.2, 0) is 9.53 Å². The Hall–Kier alpha value is -1.08. The first-order chi connectivity index (χ1) is 9.13. The highest BCUT2D eigenvalue weighted by Crippen LogP contribution is 2.34. The van der Waals surface area contributed by atoms with Crippen LogP contribution in [0, 0.1) is 3.57 Å². The van der Waals surface area contributed by atoms with Crippen molar-refractivity contribution in [3.8, 4) is 5.75 Å². The lowest BCUT2D eigenvalue weighted by Crippen LogP contribution is -2.08. The summed E-state index contributed by atoms with van der Waals surface area (Å²) in [6.07, 6.45) is 1.88. The molecular formula is C13H11ClINO3. The van der Waals surface area contributed by atoms with Crippen molar-refractivity contribution in [3.63, 3.8) is 0 Å². The molecule has 0 fully saturated rings. The summed E-state index contributed by atoms with van der Waals surface area (Å²) in [5.41, 5.74) is 0.698. The third-order valence-corrected chi connectivity index (χ3v) is 3.64. The Kier molecular flexibility index (Phi) is 4.81. The van der Waals surface area contributed by atoms with Crippen molar-refractivity contribution in [2.24, 2.45) is 0 Å². The fourth-order valence-corrected chi connectivity index (χ4v) is 2.79. The van der Waals surface area contributed by atoms with Gasteiger partial charge in [0.05, 0.1) is 28.7 Å². The highest BCUT2D eigenvalue weighted by atomic mass is 127. The topological polar surface area (TPSA) is 48.4 Å². The first-order valence-electron chi connectivity index (χ1n) is 5.56. The van der Waals surface area contributed by atoms with Crippen LogP contribution in [0.2, 0.25) is 5.02 Å². The number of rotatable bonds is 4. The number of nitrogens with zero attached hydrogens (tertiary/aromatic N) is 1. The van der Waals surface area contributed by atoms with Crippen molar-refractivity contribution in [1.82, 2.24) is 4.98 Å². The number of carbonyl (C=O) groups is 1.